The number of carbonyl (C=O) groups is 2. The van der Waals surface area contributed by atoms with Crippen LogP contribution in [0.15, 0.2) is 18.2 Å². The Morgan fingerprint density at radius 2 is 1.95 bits per heavy atom. The number of rotatable bonds is 3. The first kappa shape index (κ1) is 12.1. The van der Waals surface area contributed by atoms with Gasteiger partial charge in [0.2, 0.25) is 5.91 Å². The van der Waals surface area contributed by atoms with Crippen LogP contribution >= 0.6 is 0 Å². The number of carboxylic acids is 1. The second-order valence-electron chi connectivity index (χ2n) is 5.27. The maximum absolute atomic E-state index is 13.7. The quantitative estimate of drug-likeness (QED) is 0.880. The van der Waals surface area contributed by atoms with Gasteiger partial charge in [-0.05, 0) is 42.9 Å². The van der Waals surface area contributed by atoms with Crippen LogP contribution in [0.4, 0.5) is 10.1 Å². The van der Waals surface area contributed by atoms with Gasteiger partial charge in [-0.2, -0.15) is 0 Å². The number of nitrogens with one attached hydrogen (secondary N) is 1. The van der Waals surface area contributed by atoms with E-state index in [-0.39, 0.29) is 23.1 Å². The van der Waals surface area contributed by atoms with Crippen molar-refractivity contribution >= 4 is 17.6 Å². The molecule has 1 amide bonds. The summed E-state index contributed by atoms with van der Waals surface area (Å²) in [4.78, 5) is 22.6. The molecule has 5 heteroatoms. The number of hydrogen-bond acceptors (Lipinski definition) is 2. The molecule has 100 valence electrons. The van der Waals surface area contributed by atoms with Gasteiger partial charge in [-0.1, -0.05) is 6.42 Å². The first-order valence-electron chi connectivity index (χ1n) is 6.41. The standard InChI is InChI=1S/C14H14FNO3/c15-10-6-7(14(18)19)4-5-11(10)16-13(17)12-8-2-1-3-9(8)12/h4-6,8-9,12H,1-3H2,(H,16,17)(H,18,19). The lowest BCUT2D eigenvalue weighted by Crippen LogP contribution is -2.17. The maximum atomic E-state index is 13.7. The predicted molar refractivity (Wildman–Crippen MR) is 66.3 cm³/mol. The van der Waals surface area contributed by atoms with Crippen molar-refractivity contribution in [1.29, 1.82) is 0 Å². The molecule has 1 aromatic carbocycles. The van der Waals surface area contributed by atoms with Crippen LogP contribution in [0.2, 0.25) is 0 Å². The Bertz CT molecular complexity index is 548. The summed E-state index contributed by atoms with van der Waals surface area (Å²) in [6.45, 7) is 0. The molecule has 4 nitrogen and oxygen atoms in total. The minimum Gasteiger partial charge on any atom is -0.478 e. The zero-order valence-corrected chi connectivity index (χ0v) is 10.2. The highest BCUT2D eigenvalue weighted by Crippen LogP contribution is 2.57. The van der Waals surface area contributed by atoms with E-state index in [0.717, 1.165) is 18.9 Å². The second-order valence-corrected chi connectivity index (χ2v) is 5.27. The Hall–Kier alpha value is -1.91. The van der Waals surface area contributed by atoms with Gasteiger partial charge in [0, 0.05) is 5.92 Å². The van der Waals surface area contributed by atoms with Crippen molar-refractivity contribution in [3.63, 3.8) is 0 Å². The van der Waals surface area contributed by atoms with Crippen LogP contribution in [0.5, 0.6) is 0 Å². The van der Waals surface area contributed by atoms with Gasteiger partial charge in [0.25, 0.3) is 0 Å². The lowest BCUT2D eigenvalue weighted by Gasteiger charge is -2.08. The lowest BCUT2D eigenvalue weighted by atomic mass is 10.1. The van der Waals surface area contributed by atoms with E-state index in [9.17, 15) is 14.0 Å². The van der Waals surface area contributed by atoms with Crippen LogP contribution in [0.25, 0.3) is 0 Å². The minimum atomic E-state index is -1.19. The van der Waals surface area contributed by atoms with E-state index in [1.54, 1.807) is 0 Å². The third-order valence-corrected chi connectivity index (χ3v) is 4.18. The molecule has 2 aliphatic carbocycles. The van der Waals surface area contributed by atoms with Crippen molar-refractivity contribution in [3.8, 4) is 0 Å². The first-order chi connectivity index (χ1) is 9.08. The number of amides is 1. The van der Waals surface area contributed by atoms with E-state index in [1.165, 1.54) is 18.6 Å². The largest absolute Gasteiger partial charge is 0.478 e. The van der Waals surface area contributed by atoms with Gasteiger partial charge >= 0.3 is 5.97 Å². The Labute approximate surface area is 109 Å². The van der Waals surface area contributed by atoms with E-state index in [4.69, 9.17) is 5.11 Å². The molecule has 0 aliphatic heterocycles. The number of hydrogen-bond donors (Lipinski definition) is 2. The normalized spacial score (nSPS) is 27.7. The summed E-state index contributed by atoms with van der Waals surface area (Å²) in [5, 5.41) is 11.3. The van der Waals surface area contributed by atoms with Gasteiger partial charge in [-0.25, -0.2) is 9.18 Å². The summed E-state index contributed by atoms with van der Waals surface area (Å²) in [6, 6.07) is 3.51. The molecule has 2 fully saturated rings. The number of halogens is 1. The summed E-state index contributed by atoms with van der Waals surface area (Å²) in [5.74, 6) is -1.07. The van der Waals surface area contributed by atoms with Crippen LogP contribution in [0, 0.1) is 23.6 Å². The van der Waals surface area contributed by atoms with Gasteiger partial charge in [-0.15, -0.1) is 0 Å². The molecular formula is C14H14FNO3. The number of carboxylic acid groups (broad SMARTS) is 1. The van der Waals surface area contributed by atoms with Crippen molar-refractivity contribution in [2.75, 3.05) is 5.32 Å². The molecule has 2 N–H and O–H groups in total. The molecule has 2 aliphatic rings. The zero-order valence-electron chi connectivity index (χ0n) is 10.2. The molecule has 3 rings (SSSR count). The van der Waals surface area contributed by atoms with Gasteiger partial charge in [-0.3, -0.25) is 4.79 Å². The molecule has 0 heterocycles. The summed E-state index contributed by atoms with van der Waals surface area (Å²) < 4.78 is 13.7. The molecule has 0 bridgehead atoms. The molecule has 19 heavy (non-hydrogen) atoms. The van der Waals surface area contributed by atoms with E-state index < -0.39 is 11.8 Å². The minimum absolute atomic E-state index is 0.0206. The van der Waals surface area contributed by atoms with Crippen LogP contribution in [0.3, 0.4) is 0 Å². The Morgan fingerprint density at radius 1 is 1.26 bits per heavy atom. The highest BCUT2D eigenvalue weighted by Gasteiger charge is 2.56. The lowest BCUT2D eigenvalue weighted by molar-refractivity contribution is -0.118. The van der Waals surface area contributed by atoms with Crippen molar-refractivity contribution in [2.24, 2.45) is 17.8 Å². The van der Waals surface area contributed by atoms with Crippen LogP contribution in [-0.4, -0.2) is 17.0 Å². The van der Waals surface area contributed by atoms with Crippen LogP contribution in [-0.2, 0) is 4.79 Å². The van der Waals surface area contributed by atoms with Crippen molar-refractivity contribution in [2.45, 2.75) is 19.3 Å². The first-order valence-corrected chi connectivity index (χ1v) is 6.41. The number of benzene rings is 1. The van der Waals surface area contributed by atoms with Crippen molar-refractivity contribution < 1.29 is 19.1 Å². The molecule has 0 radical (unpaired) electrons. The molecule has 2 saturated carbocycles. The molecule has 0 aromatic heterocycles. The highest BCUT2D eigenvalue weighted by atomic mass is 19.1. The van der Waals surface area contributed by atoms with Crippen LogP contribution < -0.4 is 5.32 Å². The van der Waals surface area contributed by atoms with Gasteiger partial charge in [0.05, 0.1) is 11.3 Å². The van der Waals surface area contributed by atoms with Crippen molar-refractivity contribution in [1.82, 2.24) is 0 Å². The van der Waals surface area contributed by atoms with Crippen LogP contribution in [0.1, 0.15) is 29.6 Å². The fraction of sp³-hybridized carbons (Fsp3) is 0.429. The molecular weight excluding hydrogens is 249 g/mol. The monoisotopic (exact) mass is 263 g/mol. The van der Waals surface area contributed by atoms with E-state index in [2.05, 4.69) is 5.32 Å². The second kappa shape index (κ2) is 4.33. The van der Waals surface area contributed by atoms with E-state index in [1.807, 2.05) is 0 Å². The van der Waals surface area contributed by atoms with Crippen molar-refractivity contribution in [3.05, 3.63) is 29.6 Å². The Morgan fingerprint density at radius 3 is 2.53 bits per heavy atom. The van der Waals surface area contributed by atoms with E-state index in [0.29, 0.717) is 11.8 Å². The number of fused-ring (bicyclic) bond motifs is 1. The average Bonchev–Trinajstić information content (AvgIpc) is 2.85. The molecule has 2 atom stereocenters. The fourth-order valence-electron chi connectivity index (χ4n) is 3.18. The fourth-order valence-corrected chi connectivity index (χ4v) is 3.18. The zero-order chi connectivity index (χ0) is 13.6. The average molecular weight is 263 g/mol. The molecule has 2 unspecified atom stereocenters. The van der Waals surface area contributed by atoms with Gasteiger partial charge < -0.3 is 10.4 Å². The predicted octanol–water partition coefficient (Wildman–Crippen LogP) is 2.51. The Kier molecular flexibility index (Phi) is 2.77. The maximum Gasteiger partial charge on any atom is 0.335 e. The summed E-state index contributed by atoms with van der Waals surface area (Å²) in [7, 11) is 0. The molecule has 1 aromatic rings. The smallest absolute Gasteiger partial charge is 0.335 e. The number of carbonyl (C=O) groups excluding carboxylic acids is 1. The highest BCUT2D eigenvalue weighted by molar-refractivity contribution is 5.96. The summed E-state index contributed by atoms with van der Waals surface area (Å²) >= 11 is 0. The summed E-state index contributed by atoms with van der Waals surface area (Å²) in [6.07, 6.45) is 3.35. The van der Waals surface area contributed by atoms with Gasteiger partial charge in [0.15, 0.2) is 0 Å². The van der Waals surface area contributed by atoms with Gasteiger partial charge in [0.1, 0.15) is 5.82 Å². The summed E-state index contributed by atoms with van der Waals surface area (Å²) in [5.41, 5.74) is -0.0706. The third kappa shape index (κ3) is 2.09. The topological polar surface area (TPSA) is 66.4 Å². The SMILES string of the molecule is O=C(O)c1ccc(NC(=O)C2C3CCCC32)c(F)c1. The molecule has 0 saturated heterocycles. The third-order valence-electron chi connectivity index (χ3n) is 4.18. The van der Waals surface area contributed by atoms with E-state index >= 15 is 0 Å². The number of anilines is 1. The Balaban J connectivity index is 1.70. The molecule has 0 spiro atoms. The number of aromatic carboxylic acids is 1.